The van der Waals surface area contributed by atoms with Gasteiger partial charge in [0.2, 0.25) is 0 Å². The molecule has 0 radical (unpaired) electrons. The van der Waals surface area contributed by atoms with Crippen LogP contribution in [-0.4, -0.2) is 57.0 Å². The van der Waals surface area contributed by atoms with Crippen molar-refractivity contribution in [3.8, 4) is 0 Å². The van der Waals surface area contributed by atoms with E-state index in [0.717, 1.165) is 0 Å². The number of aromatic nitrogens is 2. The number of aromatic amines is 1. The van der Waals surface area contributed by atoms with Crippen LogP contribution in [0.1, 0.15) is 27.4 Å². The molecule has 7 nitrogen and oxygen atoms in total. The number of aliphatic hydroxyl groups excluding tert-OH is 1. The fourth-order valence-corrected chi connectivity index (χ4v) is 2.65. The molecule has 1 saturated heterocycles. The van der Waals surface area contributed by atoms with Crippen molar-refractivity contribution in [3.63, 3.8) is 0 Å². The van der Waals surface area contributed by atoms with Crippen LogP contribution in [0.3, 0.4) is 0 Å². The van der Waals surface area contributed by atoms with Gasteiger partial charge in [-0.3, -0.25) is 14.6 Å². The van der Waals surface area contributed by atoms with Crippen LogP contribution in [-0.2, 0) is 0 Å². The second kappa shape index (κ2) is 6.62. The van der Waals surface area contributed by atoms with Gasteiger partial charge in [0.05, 0.1) is 12.1 Å². The first-order valence-corrected chi connectivity index (χ1v) is 7.48. The Hall–Kier alpha value is -2.67. The van der Waals surface area contributed by atoms with Crippen molar-refractivity contribution in [3.05, 3.63) is 54.1 Å². The summed E-state index contributed by atoms with van der Waals surface area (Å²) in [6.45, 7) is 0.632. The van der Waals surface area contributed by atoms with E-state index in [1.807, 2.05) is 0 Å². The maximum absolute atomic E-state index is 12.3. The summed E-state index contributed by atoms with van der Waals surface area (Å²) in [6, 6.07) is 8.17. The lowest BCUT2D eigenvalue weighted by molar-refractivity contribution is 0.0310. The van der Waals surface area contributed by atoms with Gasteiger partial charge in [0.25, 0.3) is 11.8 Å². The van der Waals surface area contributed by atoms with E-state index in [4.69, 9.17) is 0 Å². The number of β-amino-alcohol motifs (C(OH)–C–C–N with tert-alkyl or cyclic N) is 1. The van der Waals surface area contributed by atoms with Gasteiger partial charge in [0, 0.05) is 25.5 Å². The van der Waals surface area contributed by atoms with Crippen molar-refractivity contribution in [1.82, 2.24) is 20.2 Å². The second-order valence-corrected chi connectivity index (χ2v) is 5.49. The molecule has 3 N–H and O–H groups in total. The summed E-state index contributed by atoms with van der Waals surface area (Å²) in [5.41, 5.74) is 0.803. The third-order valence-electron chi connectivity index (χ3n) is 3.91. The number of amides is 2. The monoisotopic (exact) mass is 314 g/mol. The molecular weight excluding hydrogens is 296 g/mol. The highest BCUT2D eigenvalue weighted by molar-refractivity contribution is 5.93. The highest BCUT2D eigenvalue weighted by Gasteiger charge is 2.32. The topological polar surface area (TPSA) is 98.3 Å². The van der Waals surface area contributed by atoms with Gasteiger partial charge in [-0.25, -0.2) is 0 Å². The van der Waals surface area contributed by atoms with Crippen LogP contribution in [0, 0.1) is 0 Å². The molecule has 2 aromatic heterocycles. The number of hydrogen-bond acceptors (Lipinski definition) is 4. The van der Waals surface area contributed by atoms with Crippen LogP contribution in [0.2, 0.25) is 0 Å². The first-order valence-electron chi connectivity index (χ1n) is 7.48. The van der Waals surface area contributed by atoms with Crippen LogP contribution in [0.5, 0.6) is 0 Å². The molecule has 120 valence electrons. The maximum Gasteiger partial charge on any atom is 0.272 e. The molecule has 3 heterocycles. The third kappa shape index (κ3) is 3.40. The summed E-state index contributed by atoms with van der Waals surface area (Å²) in [5, 5.41) is 13.0. The molecule has 0 bridgehead atoms. The van der Waals surface area contributed by atoms with Crippen LogP contribution in [0.25, 0.3) is 0 Å². The van der Waals surface area contributed by atoms with E-state index in [9.17, 15) is 14.7 Å². The van der Waals surface area contributed by atoms with Gasteiger partial charge >= 0.3 is 0 Å². The summed E-state index contributed by atoms with van der Waals surface area (Å²) in [5.74, 6) is -0.470. The van der Waals surface area contributed by atoms with Crippen LogP contribution >= 0.6 is 0 Å². The Morgan fingerprint density at radius 3 is 2.83 bits per heavy atom. The van der Waals surface area contributed by atoms with Gasteiger partial charge in [-0.15, -0.1) is 0 Å². The van der Waals surface area contributed by atoms with E-state index in [-0.39, 0.29) is 24.4 Å². The van der Waals surface area contributed by atoms with E-state index >= 15 is 0 Å². The number of piperidine rings is 1. The molecule has 2 unspecified atom stereocenters. The van der Waals surface area contributed by atoms with E-state index in [1.165, 1.54) is 0 Å². The third-order valence-corrected chi connectivity index (χ3v) is 3.91. The number of carbonyl (C=O) groups excluding carboxylic acids is 2. The Kier molecular flexibility index (Phi) is 4.38. The number of rotatable bonds is 3. The molecule has 0 saturated carbocycles. The van der Waals surface area contributed by atoms with Crippen molar-refractivity contribution in [1.29, 1.82) is 0 Å². The largest absolute Gasteiger partial charge is 0.389 e. The highest BCUT2D eigenvalue weighted by Crippen LogP contribution is 2.14. The lowest BCUT2D eigenvalue weighted by atomic mass is 10.0. The molecule has 1 aliphatic rings. The predicted octanol–water partition coefficient (Wildman–Crippen LogP) is 0.415. The number of carbonyl (C=O) groups is 2. The maximum atomic E-state index is 12.3. The zero-order valence-electron chi connectivity index (χ0n) is 12.5. The van der Waals surface area contributed by atoms with Gasteiger partial charge in [-0.2, -0.15) is 0 Å². The molecule has 0 spiro atoms. The first kappa shape index (κ1) is 15.2. The average Bonchev–Trinajstić information content (AvgIpc) is 3.11. The minimum absolute atomic E-state index is 0.172. The number of hydrogen-bond donors (Lipinski definition) is 3. The number of aliphatic hydroxyl groups is 1. The lowest BCUT2D eigenvalue weighted by Gasteiger charge is -2.36. The molecule has 2 aromatic rings. The molecule has 0 aliphatic carbocycles. The van der Waals surface area contributed by atoms with Crippen LogP contribution in [0.4, 0.5) is 0 Å². The Bertz CT molecular complexity index is 672. The molecule has 0 aromatic carbocycles. The molecule has 23 heavy (non-hydrogen) atoms. The zero-order valence-corrected chi connectivity index (χ0v) is 12.5. The first-order chi connectivity index (χ1) is 11.1. The summed E-state index contributed by atoms with van der Waals surface area (Å²) in [4.78, 5) is 32.7. The standard InChI is InChI=1S/C16H18N4O3/c21-14-10-20(16(23)13-4-1-2-7-18-13)9-6-11(14)19-15(22)12-5-3-8-17-12/h1-5,7-8,11,14,17,21H,6,9-10H2,(H,19,22). The number of H-pyrrole nitrogens is 1. The van der Waals surface area contributed by atoms with Gasteiger partial charge in [-0.1, -0.05) is 6.07 Å². The number of likely N-dealkylation sites (tertiary alicyclic amines) is 1. The van der Waals surface area contributed by atoms with Crippen molar-refractivity contribution in [2.75, 3.05) is 13.1 Å². The molecule has 1 fully saturated rings. The Morgan fingerprint density at radius 2 is 2.17 bits per heavy atom. The van der Waals surface area contributed by atoms with Crippen molar-refractivity contribution in [2.45, 2.75) is 18.6 Å². The summed E-state index contributed by atoms with van der Waals surface area (Å²) >= 11 is 0. The fourth-order valence-electron chi connectivity index (χ4n) is 2.65. The SMILES string of the molecule is O=C(NC1CCN(C(=O)c2ccccn2)CC1O)c1ccc[nH]1. The Balaban J connectivity index is 1.59. The van der Waals surface area contributed by atoms with E-state index in [2.05, 4.69) is 15.3 Å². The van der Waals surface area contributed by atoms with Gasteiger partial charge in [0.1, 0.15) is 11.4 Å². The fraction of sp³-hybridized carbons (Fsp3) is 0.312. The lowest BCUT2D eigenvalue weighted by Crippen LogP contribution is -2.55. The summed E-state index contributed by atoms with van der Waals surface area (Å²) in [6.07, 6.45) is 2.91. The van der Waals surface area contributed by atoms with Crippen LogP contribution in [0.15, 0.2) is 42.7 Å². The molecular formula is C16H18N4O3. The molecule has 7 heteroatoms. The number of nitrogens with one attached hydrogen (secondary N) is 2. The summed E-state index contributed by atoms with van der Waals surface area (Å²) in [7, 11) is 0. The summed E-state index contributed by atoms with van der Waals surface area (Å²) < 4.78 is 0. The van der Waals surface area contributed by atoms with Crippen molar-refractivity contribution in [2.24, 2.45) is 0 Å². The van der Waals surface area contributed by atoms with E-state index in [1.54, 1.807) is 47.6 Å². The van der Waals surface area contributed by atoms with Crippen LogP contribution < -0.4 is 5.32 Å². The smallest absolute Gasteiger partial charge is 0.272 e. The molecule has 2 amide bonds. The zero-order chi connectivity index (χ0) is 16.2. The van der Waals surface area contributed by atoms with Crippen molar-refractivity contribution < 1.29 is 14.7 Å². The molecule has 3 rings (SSSR count). The van der Waals surface area contributed by atoms with E-state index < -0.39 is 6.10 Å². The van der Waals surface area contributed by atoms with Gasteiger partial charge in [0.15, 0.2) is 0 Å². The minimum atomic E-state index is -0.810. The molecule has 2 atom stereocenters. The quantitative estimate of drug-likeness (QED) is 0.764. The van der Waals surface area contributed by atoms with Crippen molar-refractivity contribution >= 4 is 11.8 Å². The van der Waals surface area contributed by atoms with Gasteiger partial charge < -0.3 is 20.3 Å². The molecule has 1 aliphatic heterocycles. The van der Waals surface area contributed by atoms with E-state index in [0.29, 0.717) is 24.4 Å². The number of nitrogens with zero attached hydrogens (tertiary/aromatic N) is 2. The Labute approximate surface area is 133 Å². The highest BCUT2D eigenvalue weighted by atomic mass is 16.3. The number of pyridine rings is 1. The van der Waals surface area contributed by atoms with Gasteiger partial charge in [-0.05, 0) is 30.7 Å². The second-order valence-electron chi connectivity index (χ2n) is 5.49. The minimum Gasteiger partial charge on any atom is -0.389 e. The predicted molar refractivity (Wildman–Crippen MR) is 82.8 cm³/mol. The normalized spacial score (nSPS) is 21.0. The Morgan fingerprint density at radius 1 is 1.30 bits per heavy atom. The average molecular weight is 314 g/mol.